The van der Waals surface area contributed by atoms with Crippen LogP contribution in [0.4, 0.5) is 11.5 Å². The molecule has 7 heteroatoms. The Hall–Kier alpha value is -2.73. The number of anilines is 1. The van der Waals surface area contributed by atoms with E-state index in [0.717, 1.165) is 11.8 Å². The van der Waals surface area contributed by atoms with Gasteiger partial charge >= 0.3 is 0 Å². The van der Waals surface area contributed by atoms with Gasteiger partial charge in [0.1, 0.15) is 12.0 Å². The van der Waals surface area contributed by atoms with E-state index >= 15 is 0 Å². The predicted octanol–water partition coefficient (Wildman–Crippen LogP) is 3.30. The van der Waals surface area contributed by atoms with Crippen molar-refractivity contribution in [1.29, 1.82) is 0 Å². The van der Waals surface area contributed by atoms with Crippen molar-refractivity contribution in [2.24, 2.45) is 0 Å². The molecule has 0 saturated heterocycles. The third-order valence-corrected chi connectivity index (χ3v) is 2.72. The largest absolute Gasteiger partial charge is 0.307 e. The van der Waals surface area contributed by atoms with Gasteiger partial charge in [-0.25, -0.2) is 4.98 Å². The minimum absolute atomic E-state index is 0.137. The molecule has 106 valence electrons. The lowest BCUT2D eigenvalue weighted by atomic mass is 10.2. The molecule has 0 radical (unpaired) electrons. The maximum Gasteiger partial charge on any atom is 0.287 e. The lowest BCUT2D eigenvalue weighted by molar-refractivity contribution is -0.385. The van der Waals surface area contributed by atoms with E-state index in [2.05, 4.69) is 10.3 Å². The minimum atomic E-state index is -0.558. The van der Waals surface area contributed by atoms with Crippen LogP contribution in [0.2, 0.25) is 5.02 Å². The van der Waals surface area contributed by atoms with Crippen LogP contribution in [-0.4, -0.2) is 15.8 Å². The second-order valence-corrected chi connectivity index (χ2v) is 4.47. The van der Waals surface area contributed by atoms with Gasteiger partial charge in [0.05, 0.1) is 4.92 Å². The first-order valence-electron chi connectivity index (χ1n) is 5.90. The van der Waals surface area contributed by atoms with Crippen LogP contribution in [0.15, 0.2) is 48.7 Å². The highest BCUT2D eigenvalue weighted by Gasteiger charge is 2.06. The summed E-state index contributed by atoms with van der Waals surface area (Å²) in [7, 11) is 0. The molecule has 1 N–H and O–H groups in total. The molecule has 21 heavy (non-hydrogen) atoms. The number of hydrogen-bond donors (Lipinski definition) is 1. The van der Waals surface area contributed by atoms with Gasteiger partial charge in [0.2, 0.25) is 5.91 Å². The van der Waals surface area contributed by atoms with Crippen molar-refractivity contribution in [3.63, 3.8) is 0 Å². The van der Waals surface area contributed by atoms with Crippen LogP contribution in [0.3, 0.4) is 0 Å². The van der Waals surface area contributed by atoms with Gasteiger partial charge in [-0.15, -0.1) is 0 Å². The number of nitro groups is 1. The van der Waals surface area contributed by atoms with Crippen LogP contribution in [-0.2, 0) is 4.79 Å². The summed E-state index contributed by atoms with van der Waals surface area (Å²) in [5.41, 5.74) is 0.650. The topological polar surface area (TPSA) is 85.1 Å². The molecule has 0 atom stereocenters. The minimum Gasteiger partial charge on any atom is -0.307 e. The van der Waals surface area contributed by atoms with Gasteiger partial charge in [0.15, 0.2) is 0 Å². The van der Waals surface area contributed by atoms with Crippen LogP contribution in [0, 0.1) is 10.1 Å². The molecular weight excluding hydrogens is 294 g/mol. The quantitative estimate of drug-likeness (QED) is 0.533. The highest BCUT2D eigenvalue weighted by Crippen LogP contribution is 2.13. The van der Waals surface area contributed by atoms with Crippen LogP contribution >= 0.6 is 11.6 Å². The van der Waals surface area contributed by atoms with Crippen LogP contribution in [0.1, 0.15) is 5.56 Å². The SMILES string of the molecule is O=C(/C=C/c1cccc(Cl)c1)Nc1ccc([N+](=O)[O-])cn1. The molecular formula is C14H10ClN3O3. The molecule has 1 heterocycles. The van der Waals surface area contributed by atoms with E-state index in [4.69, 9.17) is 11.6 Å². The van der Waals surface area contributed by atoms with Crippen molar-refractivity contribution in [3.8, 4) is 0 Å². The van der Waals surface area contributed by atoms with Crippen molar-refractivity contribution in [1.82, 2.24) is 4.98 Å². The van der Waals surface area contributed by atoms with E-state index in [1.165, 1.54) is 18.2 Å². The second-order valence-electron chi connectivity index (χ2n) is 4.04. The molecule has 0 aliphatic carbocycles. The first kappa shape index (κ1) is 14.7. The molecule has 0 aliphatic heterocycles. The van der Waals surface area contributed by atoms with Gasteiger partial charge < -0.3 is 5.32 Å². The lowest BCUT2D eigenvalue weighted by Crippen LogP contribution is -2.09. The van der Waals surface area contributed by atoms with Gasteiger partial charge in [-0.1, -0.05) is 23.7 Å². The van der Waals surface area contributed by atoms with E-state index in [9.17, 15) is 14.9 Å². The summed E-state index contributed by atoms with van der Waals surface area (Å²) in [6.45, 7) is 0. The summed E-state index contributed by atoms with van der Waals surface area (Å²) in [4.78, 5) is 25.4. The summed E-state index contributed by atoms with van der Waals surface area (Å²) in [5.74, 6) is -0.155. The first-order chi connectivity index (χ1) is 10.0. The number of halogens is 1. The number of rotatable bonds is 4. The van der Waals surface area contributed by atoms with Gasteiger partial charge in [0, 0.05) is 17.2 Å². The molecule has 0 bridgehead atoms. The maximum absolute atomic E-state index is 11.7. The van der Waals surface area contributed by atoms with Crippen molar-refractivity contribution in [2.45, 2.75) is 0 Å². The number of aromatic nitrogens is 1. The van der Waals surface area contributed by atoms with Crippen molar-refractivity contribution in [3.05, 3.63) is 69.4 Å². The number of nitrogens with zero attached hydrogens (tertiary/aromatic N) is 2. The smallest absolute Gasteiger partial charge is 0.287 e. The van der Waals surface area contributed by atoms with Gasteiger partial charge in [-0.05, 0) is 29.8 Å². The van der Waals surface area contributed by atoms with E-state index in [-0.39, 0.29) is 11.5 Å². The number of nitrogens with one attached hydrogen (secondary N) is 1. The van der Waals surface area contributed by atoms with E-state index in [0.29, 0.717) is 5.02 Å². The van der Waals surface area contributed by atoms with Crippen LogP contribution in [0.5, 0.6) is 0 Å². The molecule has 0 spiro atoms. The molecule has 0 aliphatic rings. The summed E-state index contributed by atoms with van der Waals surface area (Å²) < 4.78 is 0. The molecule has 1 amide bonds. The third kappa shape index (κ3) is 4.39. The summed E-state index contributed by atoms with van der Waals surface area (Å²) in [6, 6.07) is 9.67. The Morgan fingerprint density at radius 3 is 2.76 bits per heavy atom. The zero-order valence-electron chi connectivity index (χ0n) is 10.7. The summed E-state index contributed by atoms with van der Waals surface area (Å²) in [6.07, 6.45) is 4.01. The van der Waals surface area contributed by atoms with E-state index < -0.39 is 10.8 Å². The Balaban J connectivity index is 1.99. The Morgan fingerprint density at radius 1 is 1.33 bits per heavy atom. The van der Waals surface area contributed by atoms with Crippen molar-refractivity contribution < 1.29 is 9.72 Å². The molecule has 6 nitrogen and oxygen atoms in total. The molecule has 2 aromatic rings. The maximum atomic E-state index is 11.7. The number of pyridine rings is 1. The Kier molecular flexibility index (Phi) is 4.63. The number of amides is 1. The molecule has 0 fully saturated rings. The molecule has 1 aromatic carbocycles. The van der Waals surface area contributed by atoms with E-state index in [1.807, 2.05) is 0 Å². The highest BCUT2D eigenvalue weighted by atomic mass is 35.5. The number of benzene rings is 1. The zero-order valence-corrected chi connectivity index (χ0v) is 11.4. The number of carbonyl (C=O) groups is 1. The molecule has 0 unspecified atom stereocenters. The molecule has 1 aromatic heterocycles. The van der Waals surface area contributed by atoms with Crippen molar-refractivity contribution >= 4 is 35.1 Å². The van der Waals surface area contributed by atoms with Gasteiger partial charge in [0.25, 0.3) is 5.69 Å². The van der Waals surface area contributed by atoms with Gasteiger partial charge in [-0.2, -0.15) is 0 Å². The fourth-order valence-electron chi connectivity index (χ4n) is 1.52. The fraction of sp³-hybridized carbons (Fsp3) is 0. The first-order valence-corrected chi connectivity index (χ1v) is 6.27. The standard InChI is InChI=1S/C14H10ClN3O3/c15-11-3-1-2-10(8-11)4-7-14(19)17-13-6-5-12(9-16-13)18(20)21/h1-9H,(H,16,17,19)/b7-4+. The highest BCUT2D eigenvalue weighted by molar-refractivity contribution is 6.30. The van der Waals surface area contributed by atoms with Gasteiger partial charge in [-0.3, -0.25) is 14.9 Å². The lowest BCUT2D eigenvalue weighted by Gasteiger charge is -2.00. The van der Waals surface area contributed by atoms with Crippen LogP contribution in [0.25, 0.3) is 6.08 Å². The zero-order chi connectivity index (χ0) is 15.2. The Morgan fingerprint density at radius 2 is 2.14 bits per heavy atom. The van der Waals surface area contributed by atoms with Crippen LogP contribution < -0.4 is 5.32 Å². The van der Waals surface area contributed by atoms with E-state index in [1.54, 1.807) is 30.3 Å². The average molecular weight is 304 g/mol. The fourth-order valence-corrected chi connectivity index (χ4v) is 1.72. The van der Waals surface area contributed by atoms with Crippen molar-refractivity contribution in [2.75, 3.05) is 5.32 Å². The number of hydrogen-bond acceptors (Lipinski definition) is 4. The Labute approximate surface area is 125 Å². The average Bonchev–Trinajstić information content (AvgIpc) is 2.46. The summed E-state index contributed by atoms with van der Waals surface area (Å²) >= 11 is 5.83. The number of carbonyl (C=O) groups excluding carboxylic acids is 1. The third-order valence-electron chi connectivity index (χ3n) is 2.49. The molecule has 2 rings (SSSR count). The molecule has 0 saturated carbocycles. The monoisotopic (exact) mass is 303 g/mol. The normalized spacial score (nSPS) is 10.5. The Bertz CT molecular complexity index is 699. The second kappa shape index (κ2) is 6.62. The summed E-state index contributed by atoms with van der Waals surface area (Å²) in [5, 5.41) is 13.6. The predicted molar refractivity (Wildman–Crippen MR) is 80.0 cm³/mol.